The van der Waals surface area contributed by atoms with Crippen molar-refractivity contribution >= 4 is 15.8 Å². The number of hydrogen-bond acceptors (Lipinski definition) is 0. The van der Waals surface area contributed by atoms with E-state index in [4.69, 9.17) is 0 Å². The molecule has 2 saturated heterocycles. The Morgan fingerprint density at radius 2 is 0.818 bits per heavy atom. The number of rotatable bonds is 7. The molecule has 0 aromatic rings. The molecule has 1 radical (unpaired) electrons. The summed E-state index contributed by atoms with van der Waals surface area (Å²) >= 11 is 0. The van der Waals surface area contributed by atoms with Crippen molar-refractivity contribution in [3.8, 4) is 0 Å². The van der Waals surface area contributed by atoms with Gasteiger partial charge in [0.25, 0.3) is 0 Å². The second-order valence-corrected chi connectivity index (χ2v) is 13.8. The van der Waals surface area contributed by atoms with Gasteiger partial charge in [0.1, 0.15) is 0 Å². The quantitative estimate of drug-likeness (QED) is 0.242. The van der Waals surface area contributed by atoms with E-state index in [-0.39, 0.29) is 42.7 Å². The van der Waals surface area contributed by atoms with Gasteiger partial charge in [-0.3, -0.25) is 0 Å². The van der Waals surface area contributed by atoms with Crippen LogP contribution in [-0.2, 0) is 19.5 Å². The first kappa shape index (κ1) is 23.5. The van der Waals surface area contributed by atoms with Gasteiger partial charge in [0.2, 0.25) is 0 Å². The molecule has 0 unspecified atom stereocenters. The first-order valence-electron chi connectivity index (χ1n) is 9.46. The van der Waals surface area contributed by atoms with Crippen molar-refractivity contribution in [1.82, 2.24) is 0 Å². The van der Waals surface area contributed by atoms with Crippen LogP contribution in [0.3, 0.4) is 0 Å². The summed E-state index contributed by atoms with van der Waals surface area (Å²) in [5.74, 6) is 0. The normalized spacial score (nSPS) is 32.7. The standard InChI is InChI=1S/C18H36P2.CH3.Rh/c1-5-15-9-10-16(6-2)19(15)13-14-20-17(7-3)11-12-18(20)8-4;;/h15-18H,5-14H2,1-4H3;1H3;/q;-1;+2/p+2/t15-,16-,17-,18-;;/m0../s1. The zero-order valence-electron chi connectivity index (χ0n) is 15.7. The van der Waals surface area contributed by atoms with Gasteiger partial charge >= 0.3 is 19.5 Å². The minimum atomic E-state index is -0.0147. The molecule has 0 bridgehead atoms. The van der Waals surface area contributed by atoms with Crippen LogP contribution in [0.2, 0.25) is 0 Å². The largest absolute Gasteiger partial charge is 2.00 e. The SMILES string of the molecule is CC[C@H]1CC[C@H](CC)[PH+]1CC[PH+]1[C@@H](CC)CC[C@@H]1CC.[CH3-].[Rh+2]. The summed E-state index contributed by atoms with van der Waals surface area (Å²) in [5.41, 5.74) is 4.70. The summed E-state index contributed by atoms with van der Waals surface area (Å²) in [4.78, 5) is 0. The van der Waals surface area contributed by atoms with Gasteiger partial charge in [-0.15, -0.1) is 0 Å². The molecule has 0 saturated carbocycles. The zero-order chi connectivity index (χ0) is 14.5. The second kappa shape index (κ2) is 11.9. The van der Waals surface area contributed by atoms with E-state index in [0.29, 0.717) is 0 Å². The monoisotopic (exact) mass is 434 g/mol. The molecule has 2 rings (SSSR count). The van der Waals surface area contributed by atoms with E-state index in [2.05, 4.69) is 27.7 Å². The van der Waals surface area contributed by atoms with Crippen molar-refractivity contribution in [2.24, 2.45) is 0 Å². The first-order valence-corrected chi connectivity index (χ1v) is 13.2. The Morgan fingerprint density at radius 1 is 0.591 bits per heavy atom. The van der Waals surface area contributed by atoms with Crippen molar-refractivity contribution in [3.05, 3.63) is 7.43 Å². The minimum Gasteiger partial charge on any atom is -0.358 e. The third-order valence-electron chi connectivity index (χ3n) is 6.50. The molecule has 0 aromatic carbocycles. The van der Waals surface area contributed by atoms with E-state index in [1.165, 1.54) is 48.3 Å². The van der Waals surface area contributed by atoms with Gasteiger partial charge in [-0.05, 0) is 51.4 Å². The maximum atomic E-state index is 2.46. The zero-order valence-corrected chi connectivity index (χ0v) is 19.4. The van der Waals surface area contributed by atoms with Gasteiger partial charge in [-0.1, -0.05) is 27.7 Å². The third kappa shape index (κ3) is 5.50. The first-order chi connectivity index (χ1) is 9.74. The van der Waals surface area contributed by atoms with Crippen LogP contribution in [0.25, 0.3) is 0 Å². The molecule has 2 aliphatic rings. The Labute approximate surface area is 156 Å². The average Bonchev–Trinajstić information content (AvgIpc) is 3.07. The fraction of sp³-hybridized carbons (Fsp3) is 0.947. The molecule has 0 amide bonds. The molecule has 0 N–H and O–H groups in total. The second-order valence-electron chi connectivity index (χ2n) is 7.23. The Kier molecular flexibility index (Phi) is 12.7. The van der Waals surface area contributed by atoms with Crippen LogP contribution < -0.4 is 0 Å². The van der Waals surface area contributed by atoms with E-state index < -0.39 is 0 Å². The smallest absolute Gasteiger partial charge is 0.358 e. The van der Waals surface area contributed by atoms with Crippen LogP contribution >= 0.6 is 15.8 Å². The Bertz CT molecular complexity index is 233. The Morgan fingerprint density at radius 3 is 1.00 bits per heavy atom. The van der Waals surface area contributed by atoms with Crippen LogP contribution in [0.5, 0.6) is 0 Å². The predicted octanol–water partition coefficient (Wildman–Crippen LogP) is 6.56. The predicted molar refractivity (Wildman–Crippen MR) is 108 cm³/mol. The third-order valence-corrected chi connectivity index (χ3v) is 15.6. The van der Waals surface area contributed by atoms with Crippen LogP contribution in [0.1, 0.15) is 79.1 Å². The van der Waals surface area contributed by atoms with E-state index >= 15 is 0 Å². The average molecular weight is 434 g/mol. The minimum absolute atomic E-state index is 0. The van der Waals surface area contributed by atoms with Gasteiger partial charge in [-0.25, -0.2) is 0 Å². The molecule has 4 atom stereocenters. The summed E-state index contributed by atoms with van der Waals surface area (Å²) in [7, 11) is -0.0294. The molecule has 2 heterocycles. The van der Waals surface area contributed by atoms with Gasteiger partial charge < -0.3 is 7.43 Å². The van der Waals surface area contributed by atoms with E-state index in [1.54, 1.807) is 38.0 Å². The fourth-order valence-electron chi connectivity index (χ4n) is 5.18. The molecule has 0 aliphatic carbocycles. The van der Waals surface area contributed by atoms with Gasteiger partial charge in [0.05, 0.1) is 35.0 Å². The van der Waals surface area contributed by atoms with Crippen molar-refractivity contribution in [2.75, 3.05) is 12.3 Å². The van der Waals surface area contributed by atoms with Crippen LogP contribution in [0.15, 0.2) is 0 Å². The van der Waals surface area contributed by atoms with E-state index in [0.717, 1.165) is 0 Å². The summed E-state index contributed by atoms with van der Waals surface area (Å²) in [6.45, 7) is 9.84. The molecule has 0 aromatic heterocycles. The van der Waals surface area contributed by atoms with Gasteiger partial charge in [-0.2, -0.15) is 0 Å². The van der Waals surface area contributed by atoms with Gasteiger partial charge in [0, 0.05) is 15.8 Å². The van der Waals surface area contributed by atoms with Crippen molar-refractivity contribution < 1.29 is 19.5 Å². The maximum Gasteiger partial charge on any atom is 2.00 e. The summed E-state index contributed by atoms with van der Waals surface area (Å²) in [5, 5.41) is 0. The topological polar surface area (TPSA) is 0 Å². The van der Waals surface area contributed by atoms with Crippen LogP contribution in [0.4, 0.5) is 0 Å². The summed E-state index contributed by atoms with van der Waals surface area (Å²) < 4.78 is 0. The van der Waals surface area contributed by atoms with Crippen molar-refractivity contribution in [3.63, 3.8) is 0 Å². The molecular formula is C19H41P2Rh+3. The van der Waals surface area contributed by atoms with Crippen molar-refractivity contribution in [2.45, 2.75) is 102 Å². The molecule has 0 nitrogen and oxygen atoms in total. The summed E-state index contributed by atoms with van der Waals surface area (Å²) in [6, 6.07) is 0. The van der Waals surface area contributed by atoms with Crippen LogP contribution in [-0.4, -0.2) is 35.0 Å². The van der Waals surface area contributed by atoms with E-state index in [9.17, 15) is 0 Å². The Hall–Kier alpha value is 1.48. The molecule has 0 spiro atoms. The molecule has 3 heteroatoms. The fourth-order valence-corrected chi connectivity index (χ4v) is 14.7. The molecule has 133 valence electrons. The Balaban J connectivity index is 0.00000220. The van der Waals surface area contributed by atoms with E-state index in [1.807, 2.05) is 0 Å². The van der Waals surface area contributed by atoms with Gasteiger partial charge in [0.15, 0.2) is 0 Å². The van der Waals surface area contributed by atoms with Crippen LogP contribution in [0, 0.1) is 7.43 Å². The summed E-state index contributed by atoms with van der Waals surface area (Å²) in [6.07, 6.45) is 15.7. The number of hydrogen-bond donors (Lipinski definition) is 0. The van der Waals surface area contributed by atoms with Crippen molar-refractivity contribution in [1.29, 1.82) is 0 Å². The molecular weight excluding hydrogens is 393 g/mol. The maximum absolute atomic E-state index is 2.46. The molecule has 22 heavy (non-hydrogen) atoms. The molecule has 2 fully saturated rings. The molecule has 2 aliphatic heterocycles.